The van der Waals surface area contributed by atoms with Crippen LogP contribution in [0.1, 0.15) is 24.2 Å². The third kappa shape index (κ3) is 3.71. The predicted molar refractivity (Wildman–Crippen MR) is 82.0 cm³/mol. The molecule has 2 aromatic rings. The molecule has 3 rings (SSSR count). The van der Waals surface area contributed by atoms with E-state index in [0.29, 0.717) is 5.76 Å². The highest BCUT2D eigenvalue weighted by Crippen LogP contribution is 2.45. The zero-order valence-corrected chi connectivity index (χ0v) is 12.6. The Morgan fingerprint density at radius 2 is 2.00 bits per heavy atom. The molecule has 1 saturated carbocycles. The number of urea groups is 1. The fourth-order valence-electron chi connectivity index (χ4n) is 2.58. The Bertz CT molecular complexity index is 653. The minimum atomic E-state index is -1.17. The number of furan rings is 1. The van der Waals surface area contributed by atoms with Crippen LogP contribution in [0.5, 0.6) is 0 Å². The first-order valence-electron chi connectivity index (χ1n) is 7.60. The lowest BCUT2D eigenvalue weighted by Crippen LogP contribution is -2.45. The Morgan fingerprint density at radius 1 is 1.26 bits per heavy atom. The van der Waals surface area contributed by atoms with Crippen LogP contribution >= 0.6 is 0 Å². The number of rotatable bonds is 6. The average molecular weight is 318 g/mol. The number of hydrogen-bond donors (Lipinski definition) is 3. The summed E-state index contributed by atoms with van der Waals surface area (Å²) in [5.41, 5.74) is -0.374. The summed E-state index contributed by atoms with van der Waals surface area (Å²) >= 11 is 0. The van der Waals surface area contributed by atoms with Crippen LogP contribution in [0.25, 0.3) is 0 Å². The highest BCUT2D eigenvalue weighted by atomic mass is 19.1. The first-order chi connectivity index (χ1) is 11.1. The maximum atomic E-state index is 12.8. The zero-order valence-electron chi connectivity index (χ0n) is 12.6. The third-order valence-corrected chi connectivity index (χ3v) is 4.09. The van der Waals surface area contributed by atoms with Crippen LogP contribution in [0.4, 0.5) is 9.18 Å². The Labute approximate surface area is 133 Å². The van der Waals surface area contributed by atoms with Gasteiger partial charge < -0.3 is 20.2 Å². The van der Waals surface area contributed by atoms with Gasteiger partial charge in [-0.2, -0.15) is 0 Å². The quantitative estimate of drug-likeness (QED) is 0.766. The van der Waals surface area contributed by atoms with Crippen molar-refractivity contribution in [1.82, 2.24) is 10.6 Å². The lowest BCUT2D eigenvalue weighted by Gasteiger charge is -2.26. The van der Waals surface area contributed by atoms with Crippen LogP contribution in [-0.4, -0.2) is 17.7 Å². The van der Waals surface area contributed by atoms with Gasteiger partial charge in [-0.05, 0) is 48.6 Å². The van der Waals surface area contributed by atoms with E-state index in [1.165, 1.54) is 18.4 Å². The van der Waals surface area contributed by atoms with Crippen LogP contribution < -0.4 is 10.6 Å². The van der Waals surface area contributed by atoms with Crippen molar-refractivity contribution in [1.29, 1.82) is 0 Å². The van der Waals surface area contributed by atoms with Crippen LogP contribution in [0.2, 0.25) is 0 Å². The molecule has 0 aliphatic heterocycles. The van der Waals surface area contributed by atoms with Crippen molar-refractivity contribution >= 4 is 6.03 Å². The Morgan fingerprint density at radius 3 is 2.61 bits per heavy atom. The molecule has 0 radical (unpaired) electrons. The predicted octanol–water partition coefficient (Wildman–Crippen LogP) is 2.52. The molecule has 23 heavy (non-hydrogen) atoms. The SMILES string of the molecule is O=C(NCc1ccc(F)cc1)NC[C@@](O)(c1ccco1)C1CC1. The molecule has 1 heterocycles. The minimum absolute atomic E-state index is 0.0838. The molecule has 1 atom stereocenters. The molecule has 1 aliphatic carbocycles. The monoisotopic (exact) mass is 318 g/mol. The van der Waals surface area contributed by atoms with Gasteiger partial charge in [0.1, 0.15) is 17.2 Å². The lowest BCUT2D eigenvalue weighted by atomic mass is 9.94. The van der Waals surface area contributed by atoms with Gasteiger partial charge in [0.2, 0.25) is 0 Å². The van der Waals surface area contributed by atoms with E-state index in [1.54, 1.807) is 24.3 Å². The second kappa shape index (κ2) is 6.42. The highest BCUT2D eigenvalue weighted by Gasteiger charge is 2.47. The average Bonchev–Trinajstić information content (AvgIpc) is 3.27. The van der Waals surface area contributed by atoms with Crippen LogP contribution in [0.15, 0.2) is 47.1 Å². The van der Waals surface area contributed by atoms with E-state index >= 15 is 0 Å². The molecule has 3 N–H and O–H groups in total. The van der Waals surface area contributed by atoms with Crippen molar-refractivity contribution in [3.05, 3.63) is 59.8 Å². The summed E-state index contributed by atoms with van der Waals surface area (Å²) in [6, 6.07) is 8.96. The molecular formula is C17H19FN2O3. The van der Waals surface area contributed by atoms with Crippen molar-refractivity contribution in [3.63, 3.8) is 0 Å². The number of benzene rings is 1. The number of carbonyl (C=O) groups is 1. The van der Waals surface area contributed by atoms with Gasteiger partial charge in [0.15, 0.2) is 0 Å². The van der Waals surface area contributed by atoms with Crippen LogP contribution in [-0.2, 0) is 12.1 Å². The van der Waals surface area contributed by atoms with Crippen molar-refractivity contribution in [3.8, 4) is 0 Å². The number of halogens is 1. The van der Waals surface area contributed by atoms with Crippen molar-refractivity contribution in [2.24, 2.45) is 5.92 Å². The van der Waals surface area contributed by atoms with Crippen molar-refractivity contribution in [2.45, 2.75) is 25.0 Å². The lowest BCUT2D eigenvalue weighted by molar-refractivity contribution is -0.00449. The van der Waals surface area contributed by atoms with E-state index in [2.05, 4.69) is 10.6 Å². The highest BCUT2D eigenvalue weighted by molar-refractivity contribution is 5.73. The van der Waals surface area contributed by atoms with E-state index in [1.807, 2.05) is 0 Å². The van der Waals surface area contributed by atoms with E-state index < -0.39 is 5.60 Å². The van der Waals surface area contributed by atoms with Gasteiger partial charge in [0.25, 0.3) is 0 Å². The molecule has 0 saturated heterocycles. The molecule has 5 nitrogen and oxygen atoms in total. The smallest absolute Gasteiger partial charge is 0.315 e. The maximum absolute atomic E-state index is 12.8. The summed E-state index contributed by atoms with van der Waals surface area (Å²) in [5, 5.41) is 16.2. The number of amides is 2. The number of nitrogens with one attached hydrogen (secondary N) is 2. The van der Waals surface area contributed by atoms with Crippen LogP contribution in [0, 0.1) is 11.7 Å². The van der Waals surface area contributed by atoms with Gasteiger partial charge in [0, 0.05) is 6.54 Å². The zero-order chi connectivity index (χ0) is 16.3. The number of hydrogen-bond acceptors (Lipinski definition) is 3. The fraction of sp³-hybridized carbons (Fsp3) is 0.353. The van der Waals surface area contributed by atoms with Gasteiger partial charge in [-0.25, -0.2) is 9.18 Å². The molecule has 2 amide bonds. The topological polar surface area (TPSA) is 74.5 Å². The first-order valence-corrected chi connectivity index (χ1v) is 7.60. The van der Waals surface area contributed by atoms with Gasteiger partial charge in [-0.15, -0.1) is 0 Å². The molecule has 1 fully saturated rings. The fourth-order valence-corrected chi connectivity index (χ4v) is 2.58. The maximum Gasteiger partial charge on any atom is 0.315 e. The first kappa shape index (κ1) is 15.6. The second-order valence-electron chi connectivity index (χ2n) is 5.84. The number of carbonyl (C=O) groups excluding carboxylic acids is 1. The summed E-state index contributed by atoms with van der Waals surface area (Å²) < 4.78 is 18.1. The van der Waals surface area contributed by atoms with Crippen molar-refractivity contribution < 1.29 is 18.7 Å². The summed E-state index contributed by atoms with van der Waals surface area (Å²) in [6.45, 7) is 0.370. The van der Waals surface area contributed by atoms with E-state index in [0.717, 1.165) is 18.4 Å². The molecule has 0 bridgehead atoms. The minimum Gasteiger partial charge on any atom is -0.466 e. The summed E-state index contributed by atoms with van der Waals surface area (Å²) in [6.07, 6.45) is 3.34. The Hall–Kier alpha value is -2.34. The van der Waals surface area contributed by atoms with Gasteiger partial charge in [0.05, 0.1) is 12.8 Å². The molecule has 1 aliphatic rings. The molecule has 6 heteroatoms. The summed E-state index contributed by atoms with van der Waals surface area (Å²) in [4.78, 5) is 11.9. The van der Waals surface area contributed by atoms with Gasteiger partial charge in [-0.1, -0.05) is 12.1 Å². The van der Waals surface area contributed by atoms with Gasteiger partial charge >= 0.3 is 6.03 Å². The standard InChI is InChI=1S/C17H19FN2O3/c18-14-7-3-12(4-8-14)10-19-16(21)20-11-17(22,13-5-6-13)15-2-1-9-23-15/h1-4,7-9,13,22H,5-6,10-11H2,(H2,19,20,21)/t17-/m0/s1. The van der Waals surface area contributed by atoms with Gasteiger partial charge in [-0.3, -0.25) is 0 Å². The molecule has 1 aromatic heterocycles. The Kier molecular flexibility index (Phi) is 4.34. The number of aliphatic hydroxyl groups is 1. The molecule has 1 aromatic carbocycles. The van der Waals surface area contributed by atoms with E-state index in [-0.39, 0.29) is 30.9 Å². The second-order valence-corrected chi connectivity index (χ2v) is 5.84. The molecule has 0 unspecified atom stereocenters. The van der Waals surface area contributed by atoms with Crippen LogP contribution in [0.3, 0.4) is 0 Å². The van der Waals surface area contributed by atoms with E-state index in [4.69, 9.17) is 4.42 Å². The normalized spacial score (nSPS) is 16.6. The molecule has 0 spiro atoms. The molecular weight excluding hydrogens is 299 g/mol. The summed E-state index contributed by atoms with van der Waals surface area (Å²) in [5.74, 6) is 0.260. The summed E-state index contributed by atoms with van der Waals surface area (Å²) in [7, 11) is 0. The third-order valence-electron chi connectivity index (χ3n) is 4.09. The van der Waals surface area contributed by atoms with E-state index in [9.17, 15) is 14.3 Å². The molecule has 122 valence electrons. The van der Waals surface area contributed by atoms with Crippen molar-refractivity contribution in [2.75, 3.05) is 6.54 Å². The largest absolute Gasteiger partial charge is 0.466 e. The Balaban J connectivity index is 1.52.